The Bertz CT molecular complexity index is 3420. The average molecular weight is 785 g/mol. The molecule has 288 valence electrons. The van der Waals surface area contributed by atoms with Crippen LogP contribution < -0.4 is 0 Å². The quantitative estimate of drug-likeness (QED) is 0.158. The number of rotatable bonds is 6. The van der Waals surface area contributed by atoms with Crippen LogP contribution in [0.2, 0.25) is 0 Å². The van der Waals surface area contributed by atoms with E-state index in [-0.39, 0.29) is 0 Å². The Morgan fingerprint density at radius 3 is 0.871 bits per heavy atom. The summed E-state index contributed by atoms with van der Waals surface area (Å²) in [5, 5.41) is 12.5. The molecule has 0 saturated carbocycles. The number of hydrogen-bond donors (Lipinski definition) is 0. The average Bonchev–Trinajstić information content (AvgIpc) is 3.35. The van der Waals surface area contributed by atoms with Gasteiger partial charge in [-0.25, -0.2) is 0 Å². The van der Waals surface area contributed by atoms with E-state index in [9.17, 15) is 0 Å². The summed E-state index contributed by atoms with van der Waals surface area (Å²) in [4.78, 5) is 0. The molecule has 62 heavy (non-hydrogen) atoms. The van der Waals surface area contributed by atoms with Gasteiger partial charge in [0.1, 0.15) is 0 Å². The van der Waals surface area contributed by atoms with Crippen molar-refractivity contribution in [2.45, 2.75) is 0 Å². The SMILES string of the molecule is c1ccc(-c2cc(-c3ccc(-c4cccc5ccccc45)c4ccccc34)cc3c(-c4ccccc4)cc(-c4ccc(-c5cccc6ccccc56)c5ccccc45)cc23)cc1. The molecule has 12 rings (SSSR count). The largest absolute Gasteiger partial charge is 0.0622 e. The molecule has 12 aromatic rings. The van der Waals surface area contributed by atoms with Crippen molar-refractivity contribution in [2.75, 3.05) is 0 Å². The maximum Gasteiger partial charge on any atom is -0.00926 e. The lowest BCUT2D eigenvalue weighted by molar-refractivity contribution is 1.60. The van der Waals surface area contributed by atoms with Gasteiger partial charge in [0.05, 0.1) is 0 Å². The first-order valence-corrected chi connectivity index (χ1v) is 21.5. The molecule has 0 aliphatic heterocycles. The number of benzene rings is 12. The Morgan fingerprint density at radius 2 is 0.452 bits per heavy atom. The van der Waals surface area contributed by atoms with E-state index >= 15 is 0 Å². The van der Waals surface area contributed by atoms with Crippen molar-refractivity contribution < 1.29 is 0 Å². The Kier molecular flexibility index (Phi) is 8.61. The third-order valence-corrected chi connectivity index (χ3v) is 12.9. The molecule has 0 saturated heterocycles. The Hall–Kier alpha value is -8.06. The zero-order valence-corrected chi connectivity index (χ0v) is 34.1. The second-order valence-corrected chi connectivity index (χ2v) is 16.3. The molecule has 0 aliphatic rings. The second kappa shape index (κ2) is 14.9. The van der Waals surface area contributed by atoms with Crippen LogP contribution in [0.15, 0.2) is 243 Å². The van der Waals surface area contributed by atoms with Gasteiger partial charge >= 0.3 is 0 Å². The fourth-order valence-electron chi connectivity index (χ4n) is 9.98. The molecular formula is C62H40. The molecule has 0 heterocycles. The third kappa shape index (κ3) is 5.99. The van der Waals surface area contributed by atoms with E-state index in [2.05, 4.69) is 243 Å². The standard InChI is InChI=1S/C62H40/c1-3-17-43(18-4-1)59-37-45(49-33-35-57(55-29-13-11-27-51(49)55)53-31-15-23-41-21-7-9-25-47(41)53)40-62-60(44-19-5-2-6-20-44)38-46(39-61(59)62)50-34-36-58(56-30-14-12-28-52(50)56)54-32-16-24-42-22-8-10-26-48(42)54/h1-40H. The summed E-state index contributed by atoms with van der Waals surface area (Å²) in [6.45, 7) is 0. The lowest BCUT2D eigenvalue weighted by atomic mass is 9.84. The molecule has 0 spiro atoms. The summed E-state index contributed by atoms with van der Waals surface area (Å²) < 4.78 is 0. The highest BCUT2D eigenvalue weighted by atomic mass is 14.2. The second-order valence-electron chi connectivity index (χ2n) is 16.3. The maximum atomic E-state index is 2.44. The van der Waals surface area contributed by atoms with Crippen molar-refractivity contribution >= 4 is 53.9 Å². The molecule has 0 N–H and O–H groups in total. The zero-order valence-electron chi connectivity index (χ0n) is 34.1. The van der Waals surface area contributed by atoms with Crippen molar-refractivity contribution in [1.82, 2.24) is 0 Å². The summed E-state index contributed by atoms with van der Waals surface area (Å²) >= 11 is 0. The van der Waals surface area contributed by atoms with E-state index in [1.807, 2.05) is 0 Å². The number of fused-ring (bicyclic) bond motifs is 5. The van der Waals surface area contributed by atoms with Crippen LogP contribution in [0.4, 0.5) is 0 Å². The first-order chi connectivity index (χ1) is 30.8. The summed E-state index contributed by atoms with van der Waals surface area (Å²) in [7, 11) is 0. The van der Waals surface area contributed by atoms with Gasteiger partial charge in [0.25, 0.3) is 0 Å². The van der Waals surface area contributed by atoms with Crippen LogP contribution in [-0.4, -0.2) is 0 Å². The topological polar surface area (TPSA) is 0 Å². The van der Waals surface area contributed by atoms with E-state index < -0.39 is 0 Å². The van der Waals surface area contributed by atoms with Crippen molar-refractivity contribution in [1.29, 1.82) is 0 Å². The van der Waals surface area contributed by atoms with Gasteiger partial charge in [-0.1, -0.05) is 218 Å². The molecule has 0 atom stereocenters. The predicted octanol–water partition coefficient (Wildman–Crippen LogP) is 17.5. The summed E-state index contributed by atoms with van der Waals surface area (Å²) in [6.07, 6.45) is 0. The molecule has 0 bridgehead atoms. The maximum absolute atomic E-state index is 2.44. The fourth-order valence-corrected chi connectivity index (χ4v) is 9.98. The van der Waals surface area contributed by atoms with Crippen LogP contribution in [-0.2, 0) is 0 Å². The van der Waals surface area contributed by atoms with Crippen molar-refractivity contribution in [2.24, 2.45) is 0 Å². The zero-order chi connectivity index (χ0) is 41.0. The molecule has 0 radical (unpaired) electrons. The van der Waals surface area contributed by atoms with Gasteiger partial charge in [-0.3, -0.25) is 0 Å². The van der Waals surface area contributed by atoms with Gasteiger partial charge in [-0.05, 0) is 145 Å². The lowest BCUT2D eigenvalue weighted by Gasteiger charge is -2.19. The van der Waals surface area contributed by atoms with Crippen LogP contribution in [0.5, 0.6) is 0 Å². The van der Waals surface area contributed by atoms with Gasteiger partial charge in [-0.15, -0.1) is 0 Å². The summed E-state index contributed by atoms with van der Waals surface area (Å²) in [6, 6.07) is 89.5. The molecule has 0 fully saturated rings. The highest BCUT2D eigenvalue weighted by molar-refractivity contribution is 6.15. The van der Waals surface area contributed by atoms with Crippen molar-refractivity contribution in [3.8, 4) is 66.8 Å². The smallest absolute Gasteiger partial charge is 0.00926 e. The van der Waals surface area contributed by atoms with Crippen LogP contribution in [0.1, 0.15) is 0 Å². The van der Waals surface area contributed by atoms with E-state index in [0.717, 1.165) is 0 Å². The van der Waals surface area contributed by atoms with Gasteiger partial charge in [-0.2, -0.15) is 0 Å². The summed E-state index contributed by atoms with van der Waals surface area (Å²) in [5.41, 5.74) is 14.7. The highest BCUT2D eigenvalue weighted by Gasteiger charge is 2.19. The minimum absolute atomic E-state index is 1.20. The molecule has 12 aromatic carbocycles. The van der Waals surface area contributed by atoms with Gasteiger partial charge in [0, 0.05) is 0 Å². The van der Waals surface area contributed by atoms with Gasteiger partial charge < -0.3 is 0 Å². The van der Waals surface area contributed by atoms with Crippen LogP contribution in [0, 0.1) is 0 Å². The van der Waals surface area contributed by atoms with E-state index in [0.29, 0.717) is 0 Å². The molecular weight excluding hydrogens is 745 g/mol. The minimum atomic E-state index is 1.20. The monoisotopic (exact) mass is 784 g/mol. The highest BCUT2D eigenvalue weighted by Crippen LogP contribution is 2.46. The van der Waals surface area contributed by atoms with Crippen LogP contribution in [0.25, 0.3) is 121 Å². The normalized spacial score (nSPS) is 11.5. The van der Waals surface area contributed by atoms with Crippen molar-refractivity contribution in [3.05, 3.63) is 243 Å². The van der Waals surface area contributed by atoms with Gasteiger partial charge in [0.2, 0.25) is 0 Å². The lowest BCUT2D eigenvalue weighted by Crippen LogP contribution is -1.93. The Balaban J connectivity index is 1.11. The Labute approximate surface area is 361 Å². The van der Waals surface area contributed by atoms with Gasteiger partial charge in [0.15, 0.2) is 0 Å². The number of hydrogen-bond acceptors (Lipinski definition) is 0. The van der Waals surface area contributed by atoms with E-state index in [4.69, 9.17) is 0 Å². The summed E-state index contributed by atoms with van der Waals surface area (Å²) in [5.74, 6) is 0. The van der Waals surface area contributed by atoms with E-state index in [1.165, 1.54) is 121 Å². The molecule has 0 amide bonds. The fraction of sp³-hybridized carbons (Fsp3) is 0. The molecule has 0 nitrogen and oxygen atoms in total. The van der Waals surface area contributed by atoms with Crippen molar-refractivity contribution in [3.63, 3.8) is 0 Å². The van der Waals surface area contributed by atoms with Crippen LogP contribution >= 0.6 is 0 Å². The van der Waals surface area contributed by atoms with E-state index in [1.54, 1.807) is 0 Å². The molecule has 0 heteroatoms. The van der Waals surface area contributed by atoms with Crippen LogP contribution in [0.3, 0.4) is 0 Å². The molecule has 0 unspecified atom stereocenters. The third-order valence-electron chi connectivity index (χ3n) is 12.9. The molecule has 0 aromatic heterocycles. The molecule has 0 aliphatic carbocycles. The Morgan fingerprint density at radius 1 is 0.145 bits per heavy atom. The first kappa shape index (κ1) is 35.8. The minimum Gasteiger partial charge on any atom is -0.0622 e. The first-order valence-electron chi connectivity index (χ1n) is 21.5. The predicted molar refractivity (Wildman–Crippen MR) is 267 cm³/mol.